The molecule has 4 heterocycles. The monoisotopic (exact) mass is 1200 g/mol. The van der Waals surface area contributed by atoms with E-state index in [1.807, 2.05) is 0 Å². The molecule has 2 aromatic rings. The Hall–Kier alpha value is -6.24. The van der Waals surface area contributed by atoms with Crippen molar-refractivity contribution >= 4 is 59.2 Å². The van der Waals surface area contributed by atoms with Crippen molar-refractivity contribution in [3.05, 3.63) is 60.7 Å². The van der Waals surface area contributed by atoms with Gasteiger partial charge in [0.1, 0.15) is 37.3 Å². The molecule has 2 aromatic carbocycles. The maximum absolute atomic E-state index is 15.0. The summed E-state index contributed by atoms with van der Waals surface area (Å²) in [4.78, 5) is 107. The summed E-state index contributed by atoms with van der Waals surface area (Å²) >= 11 is 0. The number of rotatable bonds is 15. The number of carbonyl (C=O) groups is 8. The Labute approximate surface area is 500 Å². The zero-order chi connectivity index (χ0) is 61.4. The molecular weight excluding hydrogens is 1120 g/mol. The molecule has 4 saturated heterocycles. The van der Waals surface area contributed by atoms with Crippen molar-refractivity contribution in [1.29, 1.82) is 0 Å². The standard InChI is InChI=1S/C63H82N2O21/c1-32-22-25-63(76-29-32)33(2)49-46(86-63)27-44-43-21-20-39-26-42(23-24-61(39,8)50(43)45(71)28-62(44,49)9)82-57-55(80-37(6)69)54(79-36(5)68)52(48(83-57)31-75-60(73)65-41-18-14-11-15-19-41)85-58-56(81-38(7)70)53(78-35(4)67)51(77-34(3)66)47(84-58)30-74-59(72)64-40-16-12-10-13-17-40/h10-19,32-33,39,42-44,46-58H,20-31H2,1-9H3,(H,64,72)(H,65,73)/t32-,33+,39+,42+,43+,44+,46?,47-,48-,49?,50-,51-,52-,53+,54+,55-,56-,57-,58+,61+,62+,63-/m1/s1. The number of ether oxygens (including phenoxy) is 13. The average Bonchev–Trinajstić information content (AvgIpc) is 1.50. The molecule has 0 aromatic heterocycles. The number of carbonyl (C=O) groups excluding carboxylic acids is 8. The van der Waals surface area contributed by atoms with Crippen LogP contribution in [0.3, 0.4) is 0 Å². The van der Waals surface area contributed by atoms with Crippen LogP contribution in [0.2, 0.25) is 0 Å². The van der Waals surface area contributed by atoms with E-state index < -0.39 is 129 Å². The molecule has 2 N–H and O–H groups in total. The predicted molar refractivity (Wildman–Crippen MR) is 300 cm³/mol. The first-order valence-electron chi connectivity index (χ1n) is 30.2. The zero-order valence-electron chi connectivity index (χ0n) is 50.3. The van der Waals surface area contributed by atoms with Gasteiger partial charge in [-0.3, -0.25) is 39.4 Å². The number of nitrogens with one attached hydrogen (secondary N) is 2. The fourth-order valence-electron chi connectivity index (χ4n) is 16.2. The molecule has 8 fully saturated rings. The summed E-state index contributed by atoms with van der Waals surface area (Å²) in [6.45, 7) is 13.8. The number of anilines is 2. The number of benzene rings is 2. The van der Waals surface area contributed by atoms with Crippen LogP contribution in [0.5, 0.6) is 0 Å². The van der Waals surface area contributed by atoms with E-state index in [2.05, 4.69) is 38.3 Å². The SMILES string of the molecule is CC(=O)O[C@@H]1[C@@H](OC(C)=O)[C@H](O[C@H]2[C@H](OC(C)=O)[C@@H](OC(C)=O)[C@H](O[C@H]3CC[C@@]4(C)[C@@H](CC[C@@H]5[C@@H]4C(=O)C[C@]4(C)C6C(C[C@@H]54)O[C@]4(CC[C@@H](C)CO4)[C@H]6C)C3)O[C@@H]2COC(=O)Nc2ccccc2)O[C@H](COC(=O)Nc2ccccc2)[C@H]1OC(C)=O. The predicted octanol–water partition coefficient (Wildman–Crippen LogP) is 7.99. The summed E-state index contributed by atoms with van der Waals surface area (Å²) in [5.41, 5.74) is 0.197. The lowest BCUT2D eigenvalue weighted by molar-refractivity contribution is -0.365. The van der Waals surface area contributed by atoms with Crippen molar-refractivity contribution in [3.8, 4) is 0 Å². The first kappa shape index (κ1) is 62.8. The van der Waals surface area contributed by atoms with Crippen LogP contribution in [0.25, 0.3) is 0 Å². The molecule has 23 nitrogen and oxygen atoms in total. The van der Waals surface area contributed by atoms with Gasteiger partial charge in [-0.1, -0.05) is 64.1 Å². The molecule has 470 valence electrons. The summed E-state index contributed by atoms with van der Waals surface area (Å²) in [5.74, 6) is -3.49. The number of hydrogen-bond acceptors (Lipinski definition) is 21. The van der Waals surface area contributed by atoms with Crippen LogP contribution in [-0.4, -0.2) is 147 Å². The molecule has 4 saturated carbocycles. The zero-order valence-corrected chi connectivity index (χ0v) is 50.3. The van der Waals surface area contributed by atoms with Crippen molar-refractivity contribution < 1.29 is 99.9 Å². The quantitative estimate of drug-likeness (QED) is 0.0970. The van der Waals surface area contributed by atoms with Gasteiger partial charge in [-0.2, -0.15) is 0 Å². The molecule has 86 heavy (non-hydrogen) atoms. The third-order valence-corrected chi connectivity index (χ3v) is 19.7. The maximum atomic E-state index is 15.0. The normalized spacial score (nSPS) is 39.6. The second-order valence-corrected chi connectivity index (χ2v) is 25.4. The van der Waals surface area contributed by atoms with E-state index in [9.17, 15) is 33.6 Å². The van der Waals surface area contributed by atoms with Gasteiger partial charge < -0.3 is 61.6 Å². The van der Waals surface area contributed by atoms with Crippen LogP contribution in [0, 0.1) is 52.3 Å². The van der Waals surface area contributed by atoms with Crippen molar-refractivity contribution in [3.63, 3.8) is 0 Å². The van der Waals surface area contributed by atoms with E-state index in [4.69, 9.17) is 61.6 Å². The third-order valence-electron chi connectivity index (χ3n) is 19.7. The van der Waals surface area contributed by atoms with E-state index >= 15 is 4.79 Å². The summed E-state index contributed by atoms with van der Waals surface area (Å²) in [5, 5.41) is 5.22. The van der Waals surface area contributed by atoms with Crippen LogP contribution in [0.4, 0.5) is 21.0 Å². The highest BCUT2D eigenvalue weighted by Crippen LogP contribution is 2.71. The van der Waals surface area contributed by atoms with E-state index in [-0.39, 0.29) is 46.5 Å². The van der Waals surface area contributed by atoms with Gasteiger partial charge in [0.2, 0.25) is 0 Å². The molecule has 4 aliphatic heterocycles. The Morgan fingerprint density at radius 2 is 1.09 bits per heavy atom. The largest absolute Gasteiger partial charge is 0.455 e. The van der Waals surface area contributed by atoms with E-state index in [0.717, 1.165) is 66.7 Å². The highest BCUT2D eigenvalue weighted by molar-refractivity contribution is 5.85. The van der Waals surface area contributed by atoms with Gasteiger partial charge >= 0.3 is 42.0 Å². The smallest absolute Gasteiger partial charge is 0.411 e. The van der Waals surface area contributed by atoms with Gasteiger partial charge in [0.05, 0.1) is 18.8 Å². The van der Waals surface area contributed by atoms with Gasteiger partial charge in [0, 0.05) is 70.7 Å². The van der Waals surface area contributed by atoms with Crippen LogP contribution in [0.1, 0.15) is 120 Å². The molecule has 8 aliphatic rings. The summed E-state index contributed by atoms with van der Waals surface area (Å²) < 4.78 is 80.8. The van der Waals surface area contributed by atoms with Crippen LogP contribution in [0.15, 0.2) is 60.7 Å². The third kappa shape index (κ3) is 13.1. The van der Waals surface area contributed by atoms with Crippen LogP contribution < -0.4 is 10.6 Å². The topological polar surface area (TPSA) is 281 Å². The minimum absolute atomic E-state index is 0.0306. The second-order valence-electron chi connectivity index (χ2n) is 25.4. The number of ketones is 1. The van der Waals surface area contributed by atoms with Gasteiger partial charge in [0.15, 0.2) is 48.9 Å². The first-order chi connectivity index (χ1) is 40.9. The van der Waals surface area contributed by atoms with Gasteiger partial charge in [0.25, 0.3) is 0 Å². The molecule has 1 spiro atoms. The Morgan fingerprint density at radius 3 is 1.63 bits per heavy atom. The molecule has 23 heteroatoms. The summed E-state index contributed by atoms with van der Waals surface area (Å²) in [6.07, 6.45) is -12.3. The number of Topliss-reactive ketones (excluding diaryl/α,β-unsaturated/α-hetero) is 1. The lowest BCUT2D eigenvalue weighted by atomic mass is 9.44. The molecule has 0 radical (unpaired) electrons. The van der Waals surface area contributed by atoms with Crippen molar-refractivity contribution in [2.24, 2.45) is 52.3 Å². The van der Waals surface area contributed by atoms with E-state index in [1.54, 1.807) is 60.7 Å². The van der Waals surface area contributed by atoms with Crippen LogP contribution in [-0.2, 0) is 90.3 Å². The van der Waals surface area contributed by atoms with Gasteiger partial charge in [-0.25, -0.2) is 9.59 Å². The van der Waals surface area contributed by atoms with Gasteiger partial charge in [-0.05, 0) is 110 Å². The van der Waals surface area contributed by atoms with Crippen molar-refractivity contribution in [1.82, 2.24) is 0 Å². The summed E-state index contributed by atoms with van der Waals surface area (Å²) in [6, 6.07) is 16.8. The van der Waals surface area contributed by atoms with Gasteiger partial charge in [-0.15, -0.1) is 0 Å². The number of para-hydroxylation sites is 2. The Morgan fingerprint density at radius 1 is 0.581 bits per heavy atom. The number of esters is 5. The van der Waals surface area contributed by atoms with Crippen molar-refractivity contribution in [2.45, 2.75) is 200 Å². The molecule has 10 rings (SSSR count). The molecule has 2 amide bonds. The second kappa shape index (κ2) is 25.8. The first-order valence-corrected chi connectivity index (χ1v) is 30.2. The highest BCUT2D eigenvalue weighted by Gasteiger charge is 2.71. The fraction of sp³-hybridized carbons (Fsp3) is 0.683. The fourth-order valence-corrected chi connectivity index (χ4v) is 16.2. The number of amides is 2. The Balaban J connectivity index is 0.924. The molecule has 4 aliphatic carbocycles. The Kier molecular flexibility index (Phi) is 18.9. The average molecular weight is 1200 g/mol. The van der Waals surface area contributed by atoms with Crippen molar-refractivity contribution in [2.75, 3.05) is 30.5 Å². The molecule has 2 unspecified atom stereocenters. The molecular formula is C63H82N2O21. The number of fused-ring (bicyclic) bond motifs is 7. The molecule has 22 atom stereocenters. The Bertz CT molecular complexity index is 2810. The molecule has 0 bridgehead atoms. The van der Waals surface area contributed by atoms with E-state index in [1.165, 1.54) is 0 Å². The highest BCUT2D eigenvalue weighted by atomic mass is 16.8. The minimum atomic E-state index is -1.90. The van der Waals surface area contributed by atoms with E-state index in [0.29, 0.717) is 61.3 Å². The van der Waals surface area contributed by atoms with Crippen LogP contribution >= 0.6 is 0 Å². The minimum Gasteiger partial charge on any atom is -0.455 e. The number of hydrogen-bond donors (Lipinski definition) is 2. The lowest BCUT2D eigenvalue weighted by Gasteiger charge is -2.60. The summed E-state index contributed by atoms with van der Waals surface area (Å²) in [7, 11) is 0. The maximum Gasteiger partial charge on any atom is 0.411 e. The lowest BCUT2D eigenvalue weighted by Crippen LogP contribution is -2.67.